The van der Waals surface area contributed by atoms with Crippen molar-refractivity contribution >= 4 is 28.2 Å². The quantitative estimate of drug-likeness (QED) is 0.743. The average Bonchev–Trinajstić information content (AvgIpc) is 2.48. The molecule has 0 fully saturated rings. The van der Waals surface area contributed by atoms with Crippen LogP contribution < -0.4 is 0 Å². The molecule has 0 aromatic carbocycles. The summed E-state index contributed by atoms with van der Waals surface area (Å²) in [5.41, 5.74) is 2.15. The Kier molecular flexibility index (Phi) is 2.00. The van der Waals surface area contributed by atoms with E-state index in [9.17, 15) is 0 Å². The first kappa shape index (κ1) is 7.97. The number of halogens is 1. The van der Waals surface area contributed by atoms with E-state index in [2.05, 4.69) is 39.6 Å². The molecule has 0 bridgehead atoms. The molecule has 0 amide bonds. The molecule has 0 unspecified atom stereocenters. The summed E-state index contributed by atoms with van der Waals surface area (Å²) >= 11 is 2.24. The van der Waals surface area contributed by atoms with Gasteiger partial charge in [0.2, 0.25) is 0 Å². The second-order valence-electron chi connectivity index (χ2n) is 2.52. The smallest absolute Gasteiger partial charge is 0.168 e. The van der Waals surface area contributed by atoms with E-state index in [1.165, 1.54) is 5.69 Å². The first-order valence-corrected chi connectivity index (χ1v) is 4.88. The van der Waals surface area contributed by atoms with Crippen LogP contribution in [-0.2, 0) is 6.42 Å². The predicted molar refractivity (Wildman–Crippen MR) is 55.1 cm³/mol. The Balaban J connectivity index is 2.81. The number of rotatable bonds is 1. The first-order valence-electron chi connectivity index (χ1n) is 3.80. The van der Waals surface area contributed by atoms with Crippen LogP contribution in [0, 0.1) is 3.57 Å². The zero-order chi connectivity index (χ0) is 8.55. The maximum Gasteiger partial charge on any atom is 0.168 e. The fraction of sp³-hybridized carbons (Fsp3) is 0.250. The fourth-order valence-electron chi connectivity index (χ4n) is 1.18. The number of aromatic nitrogens is 3. The third kappa shape index (κ3) is 1.10. The molecule has 0 radical (unpaired) electrons. The van der Waals surface area contributed by atoms with Crippen LogP contribution in [0.15, 0.2) is 18.5 Å². The molecule has 0 aliphatic heterocycles. The van der Waals surface area contributed by atoms with Gasteiger partial charge in [-0.1, -0.05) is 6.92 Å². The third-order valence-electron chi connectivity index (χ3n) is 1.80. The number of hydrogen-bond acceptors (Lipinski definition) is 2. The van der Waals surface area contributed by atoms with E-state index in [-0.39, 0.29) is 0 Å². The van der Waals surface area contributed by atoms with E-state index in [0.29, 0.717) is 0 Å². The highest BCUT2D eigenvalue weighted by atomic mass is 127. The normalized spacial score (nSPS) is 10.8. The van der Waals surface area contributed by atoms with Gasteiger partial charge in [-0.3, -0.25) is 0 Å². The molecule has 0 atom stereocenters. The van der Waals surface area contributed by atoms with Gasteiger partial charge in [-0.15, -0.1) is 0 Å². The molecule has 2 rings (SSSR count). The highest BCUT2D eigenvalue weighted by Crippen LogP contribution is 2.11. The van der Waals surface area contributed by atoms with E-state index >= 15 is 0 Å². The molecule has 4 heteroatoms. The summed E-state index contributed by atoms with van der Waals surface area (Å²) in [7, 11) is 0. The van der Waals surface area contributed by atoms with Crippen molar-refractivity contribution in [3.63, 3.8) is 0 Å². The Morgan fingerprint density at radius 2 is 2.42 bits per heavy atom. The lowest BCUT2D eigenvalue weighted by molar-refractivity contribution is 0.849. The average molecular weight is 273 g/mol. The third-order valence-corrected chi connectivity index (χ3v) is 2.56. The number of fused-ring (bicyclic) bond motifs is 1. The van der Waals surface area contributed by atoms with Crippen LogP contribution in [0.1, 0.15) is 12.6 Å². The van der Waals surface area contributed by atoms with Crippen LogP contribution in [0.3, 0.4) is 0 Å². The van der Waals surface area contributed by atoms with Crippen molar-refractivity contribution < 1.29 is 0 Å². The standard InChI is InChI=1S/C8H8IN3/c1-2-6-3-4-10-8-7(9)5-11-12(6)8/h3-5H,2H2,1H3. The predicted octanol–water partition coefficient (Wildman–Crippen LogP) is 1.90. The summed E-state index contributed by atoms with van der Waals surface area (Å²) in [5.74, 6) is 0. The first-order chi connectivity index (χ1) is 5.83. The van der Waals surface area contributed by atoms with E-state index in [0.717, 1.165) is 15.6 Å². The van der Waals surface area contributed by atoms with Crippen LogP contribution in [0.25, 0.3) is 5.65 Å². The highest BCUT2D eigenvalue weighted by Gasteiger charge is 2.03. The van der Waals surface area contributed by atoms with Gasteiger partial charge >= 0.3 is 0 Å². The zero-order valence-corrected chi connectivity index (χ0v) is 8.82. The maximum absolute atomic E-state index is 4.24. The SMILES string of the molecule is CCc1ccnc2c(I)cnn12. The second-order valence-corrected chi connectivity index (χ2v) is 3.68. The van der Waals surface area contributed by atoms with E-state index in [4.69, 9.17) is 0 Å². The molecule has 62 valence electrons. The van der Waals surface area contributed by atoms with Crippen molar-refractivity contribution in [1.29, 1.82) is 0 Å². The van der Waals surface area contributed by atoms with Crippen molar-refractivity contribution in [2.75, 3.05) is 0 Å². The van der Waals surface area contributed by atoms with Crippen molar-refractivity contribution in [3.05, 3.63) is 27.7 Å². The van der Waals surface area contributed by atoms with E-state index in [1.54, 1.807) is 0 Å². The number of nitrogens with zero attached hydrogens (tertiary/aromatic N) is 3. The Labute approximate surface area is 83.9 Å². The van der Waals surface area contributed by atoms with E-state index < -0.39 is 0 Å². The molecule has 12 heavy (non-hydrogen) atoms. The van der Waals surface area contributed by atoms with E-state index in [1.807, 2.05) is 23.0 Å². The molecule has 3 nitrogen and oxygen atoms in total. The minimum absolute atomic E-state index is 0.954. The van der Waals surface area contributed by atoms with Crippen molar-refractivity contribution in [2.45, 2.75) is 13.3 Å². The summed E-state index contributed by atoms with van der Waals surface area (Å²) in [6.07, 6.45) is 4.65. The van der Waals surface area contributed by atoms with Gasteiger partial charge in [0.05, 0.1) is 9.77 Å². The summed E-state index contributed by atoms with van der Waals surface area (Å²) < 4.78 is 2.99. The molecular weight excluding hydrogens is 265 g/mol. The molecule has 2 aromatic rings. The fourth-order valence-corrected chi connectivity index (χ4v) is 1.67. The number of aryl methyl sites for hydroxylation is 1. The maximum atomic E-state index is 4.24. The topological polar surface area (TPSA) is 30.2 Å². The molecule has 0 saturated heterocycles. The summed E-state index contributed by atoms with van der Waals surface area (Å²) in [5, 5.41) is 4.24. The van der Waals surface area contributed by atoms with Gasteiger partial charge in [-0.05, 0) is 35.1 Å². The van der Waals surface area contributed by atoms with Crippen LogP contribution in [0.4, 0.5) is 0 Å². The Bertz CT molecular complexity index is 408. The molecule has 0 aliphatic carbocycles. The molecule has 0 spiro atoms. The molecule has 0 saturated carbocycles. The largest absolute Gasteiger partial charge is 0.236 e. The van der Waals surface area contributed by atoms with Gasteiger partial charge in [0.15, 0.2) is 5.65 Å². The van der Waals surface area contributed by atoms with Gasteiger partial charge in [0.1, 0.15) is 0 Å². The van der Waals surface area contributed by atoms with Crippen molar-refractivity contribution in [1.82, 2.24) is 14.6 Å². The monoisotopic (exact) mass is 273 g/mol. The number of hydrogen-bond donors (Lipinski definition) is 0. The summed E-state index contributed by atoms with van der Waals surface area (Å²) in [4.78, 5) is 4.24. The summed E-state index contributed by atoms with van der Waals surface area (Å²) in [6, 6.07) is 2.00. The van der Waals surface area contributed by atoms with Gasteiger partial charge in [0.25, 0.3) is 0 Å². The van der Waals surface area contributed by atoms with Gasteiger partial charge in [-0.2, -0.15) is 5.10 Å². The highest BCUT2D eigenvalue weighted by molar-refractivity contribution is 14.1. The minimum atomic E-state index is 0.954. The summed E-state index contributed by atoms with van der Waals surface area (Å²) in [6.45, 7) is 2.11. The van der Waals surface area contributed by atoms with Crippen LogP contribution in [0.5, 0.6) is 0 Å². The molecular formula is C8H8IN3. The lowest BCUT2D eigenvalue weighted by Gasteiger charge is -1.99. The zero-order valence-electron chi connectivity index (χ0n) is 6.66. The molecule has 2 heterocycles. The van der Waals surface area contributed by atoms with Crippen molar-refractivity contribution in [3.8, 4) is 0 Å². The van der Waals surface area contributed by atoms with Crippen LogP contribution in [-0.4, -0.2) is 14.6 Å². The Hall–Kier alpha value is -0.650. The van der Waals surface area contributed by atoms with Gasteiger partial charge in [-0.25, -0.2) is 9.50 Å². The Morgan fingerprint density at radius 1 is 1.58 bits per heavy atom. The molecule has 2 aromatic heterocycles. The minimum Gasteiger partial charge on any atom is -0.236 e. The molecule has 0 aliphatic rings. The van der Waals surface area contributed by atoms with Crippen LogP contribution in [0.2, 0.25) is 0 Å². The van der Waals surface area contributed by atoms with Crippen LogP contribution >= 0.6 is 22.6 Å². The van der Waals surface area contributed by atoms with Gasteiger partial charge in [0, 0.05) is 11.9 Å². The lowest BCUT2D eigenvalue weighted by atomic mass is 10.3. The van der Waals surface area contributed by atoms with Gasteiger partial charge < -0.3 is 0 Å². The second kappa shape index (κ2) is 3.01. The Morgan fingerprint density at radius 3 is 3.17 bits per heavy atom. The lowest BCUT2D eigenvalue weighted by Crippen LogP contribution is -1.97. The van der Waals surface area contributed by atoms with Crippen molar-refractivity contribution in [2.24, 2.45) is 0 Å². The molecule has 0 N–H and O–H groups in total.